The fourth-order valence-corrected chi connectivity index (χ4v) is 4.03. The summed E-state index contributed by atoms with van der Waals surface area (Å²) in [5.41, 5.74) is 4.59. The predicted octanol–water partition coefficient (Wildman–Crippen LogP) is 2.78. The van der Waals surface area contributed by atoms with Gasteiger partial charge in [0.1, 0.15) is 5.82 Å². The number of hydrogen-bond donors (Lipinski definition) is 3. The van der Waals surface area contributed by atoms with Gasteiger partial charge in [-0.3, -0.25) is 5.10 Å². The maximum atomic E-state index is 4.97. The minimum atomic E-state index is 0.867. The van der Waals surface area contributed by atoms with Crippen LogP contribution in [0.2, 0.25) is 0 Å². The Labute approximate surface area is 158 Å². The zero-order chi connectivity index (χ0) is 18.1. The van der Waals surface area contributed by atoms with Crippen molar-refractivity contribution >= 4 is 28.4 Å². The summed E-state index contributed by atoms with van der Waals surface area (Å²) in [4.78, 5) is 12.2. The number of aryl methyl sites for hydroxylation is 1. The molecule has 7 heteroatoms. The Morgan fingerprint density at radius 1 is 1.00 bits per heavy atom. The Balaban J connectivity index is 1.51. The number of fused-ring (bicyclic) bond motifs is 2. The average Bonchev–Trinajstić information content (AvgIpc) is 2.99. The second kappa shape index (κ2) is 7.15. The summed E-state index contributed by atoms with van der Waals surface area (Å²) < 4.78 is 0. The van der Waals surface area contributed by atoms with E-state index in [4.69, 9.17) is 9.97 Å². The number of nitrogens with zero attached hydrogens (tertiary/aromatic N) is 4. The van der Waals surface area contributed by atoms with Gasteiger partial charge in [0, 0.05) is 36.3 Å². The van der Waals surface area contributed by atoms with Gasteiger partial charge in [0.15, 0.2) is 0 Å². The molecule has 1 aromatic carbocycles. The summed E-state index contributed by atoms with van der Waals surface area (Å²) in [6.45, 7) is 4.02. The topological polar surface area (TPSA) is 81.8 Å². The number of aromatic nitrogens is 4. The zero-order valence-electron chi connectivity index (χ0n) is 15.5. The maximum absolute atomic E-state index is 4.97. The first kappa shape index (κ1) is 16.5. The lowest BCUT2D eigenvalue weighted by molar-refractivity contribution is 0.658. The van der Waals surface area contributed by atoms with Crippen LogP contribution in [-0.4, -0.2) is 46.3 Å². The van der Waals surface area contributed by atoms with Crippen molar-refractivity contribution in [3.63, 3.8) is 0 Å². The van der Waals surface area contributed by atoms with Crippen LogP contribution in [0.4, 0.5) is 17.5 Å². The van der Waals surface area contributed by atoms with E-state index < -0.39 is 0 Å². The summed E-state index contributed by atoms with van der Waals surface area (Å²) in [6, 6.07) is 6.25. The normalized spacial score (nSPS) is 17.6. The number of H-pyrrole nitrogens is 1. The second-order valence-electron chi connectivity index (χ2n) is 7.39. The minimum absolute atomic E-state index is 0.867. The van der Waals surface area contributed by atoms with Gasteiger partial charge in [0.2, 0.25) is 5.95 Å². The van der Waals surface area contributed by atoms with E-state index in [1.165, 1.54) is 24.1 Å². The van der Waals surface area contributed by atoms with Crippen molar-refractivity contribution in [1.29, 1.82) is 0 Å². The molecule has 0 radical (unpaired) electrons. The number of anilines is 3. The Morgan fingerprint density at radius 3 is 2.96 bits per heavy atom. The fraction of sp³-hybridized carbons (Fsp3) is 0.450. The van der Waals surface area contributed by atoms with E-state index >= 15 is 0 Å². The largest absolute Gasteiger partial charge is 0.340 e. The summed E-state index contributed by atoms with van der Waals surface area (Å²) in [6.07, 6.45) is 7.50. The van der Waals surface area contributed by atoms with E-state index in [0.717, 1.165) is 73.8 Å². The van der Waals surface area contributed by atoms with Crippen molar-refractivity contribution in [3.05, 3.63) is 35.7 Å². The van der Waals surface area contributed by atoms with Gasteiger partial charge in [0.25, 0.3) is 0 Å². The molecule has 3 heterocycles. The van der Waals surface area contributed by atoms with Crippen molar-refractivity contribution in [2.45, 2.75) is 32.1 Å². The monoisotopic (exact) mass is 363 g/mol. The molecular weight excluding hydrogens is 338 g/mol. The van der Waals surface area contributed by atoms with Crippen LogP contribution >= 0.6 is 0 Å². The number of benzene rings is 1. The van der Waals surface area contributed by atoms with E-state index in [0.29, 0.717) is 0 Å². The average molecular weight is 363 g/mol. The molecule has 2 aliphatic rings. The van der Waals surface area contributed by atoms with E-state index in [2.05, 4.69) is 43.9 Å². The number of nitrogens with one attached hydrogen (secondary N) is 3. The smallest absolute Gasteiger partial charge is 0.227 e. The van der Waals surface area contributed by atoms with Gasteiger partial charge in [-0.1, -0.05) is 0 Å². The van der Waals surface area contributed by atoms with Crippen LogP contribution in [0.5, 0.6) is 0 Å². The number of aromatic amines is 1. The maximum Gasteiger partial charge on any atom is 0.227 e. The zero-order valence-corrected chi connectivity index (χ0v) is 15.5. The van der Waals surface area contributed by atoms with Gasteiger partial charge in [-0.15, -0.1) is 0 Å². The first-order valence-electron chi connectivity index (χ1n) is 9.92. The highest BCUT2D eigenvalue weighted by Crippen LogP contribution is 2.30. The van der Waals surface area contributed by atoms with Crippen molar-refractivity contribution in [3.8, 4) is 0 Å². The molecule has 0 atom stereocenters. The molecule has 0 bridgehead atoms. The lowest BCUT2D eigenvalue weighted by atomic mass is 9.96. The molecular formula is C20H25N7. The third-order valence-corrected chi connectivity index (χ3v) is 5.50. The van der Waals surface area contributed by atoms with Gasteiger partial charge in [-0.05, 0) is 56.8 Å². The molecule has 27 heavy (non-hydrogen) atoms. The van der Waals surface area contributed by atoms with Crippen molar-refractivity contribution < 1.29 is 0 Å². The standard InChI is InChI=1S/C20H25N7/c1-2-5-18-16(4-1)19(23-15-6-7-17-14(12-15)13-22-26-17)25-20(24-18)27-10-3-8-21-9-11-27/h6-7,12-13,21H,1-5,8-11H2,(H,22,26)(H,23,24,25). The first-order valence-corrected chi connectivity index (χ1v) is 9.92. The summed E-state index contributed by atoms with van der Waals surface area (Å²) in [5, 5.41) is 15.2. The molecule has 140 valence electrons. The fourth-order valence-electron chi connectivity index (χ4n) is 4.03. The molecule has 3 aromatic rings. The molecule has 1 saturated heterocycles. The van der Waals surface area contributed by atoms with Crippen LogP contribution in [-0.2, 0) is 12.8 Å². The van der Waals surface area contributed by atoms with Crippen LogP contribution in [0.15, 0.2) is 24.4 Å². The molecule has 7 nitrogen and oxygen atoms in total. The Bertz CT molecular complexity index is 941. The number of hydrogen-bond acceptors (Lipinski definition) is 6. The van der Waals surface area contributed by atoms with Crippen molar-refractivity contribution in [1.82, 2.24) is 25.5 Å². The SMILES string of the molecule is c1cc2[nH]ncc2cc1Nc1nc(N2CCCNCC2)nc2c1CCCC2. The van der Waals surface area contributed by atoms with Gasteiger partial charge >= 0.3 is 0 Å². The molecule has 0 saturated carbocycles. The quantitative estimate of drug-likeness (QED) is 0.664. The molecule has 0 amide bonds. The highest BCUT2D eigenvalue weighted by molar-refractivity contribution is 5.83. The van der Waals surface area contributed by atoms with Gasteiger partial charge in [0.05, 0.1) is 17.4 Å². The molecule has 5 rings (SSSR count). The Hall–Kier alpha value is -2.67. The third-order valence-electron chi connectivity index (χ3n) is 5.50. The van der Waals surface area contributed by atoms with Crippen molar-refractivity contribution in [2.75, 3.05) is 36.4 Å². The minimum Gasteiger partial charge on any atom is -0.340 e. The van der Waals surface area contributed by atoms with E-state index in [9.17, 15) is 0 Å². The van der Waals surface area contributed by atoms with E-state index in [1.807, 2.05) is 6.20 Å². The molecule has 1 aliphatic carbocycles. The first-order chi connectivity index (χ1) is 13.4. The van der Waals surface area contributed by atoms with Gasteiger partial charge in [-0.25, -0.2) is 4.98 Å². The van der Waals surface area contributed by atoms with Gasteiger partial charge in [-0.2, -0.15) is 10.1 Å². The highest BCUT2D eigenvalue weighted by Gasteiger charge is 2.21. The summed E-state index contributed by atoms with van der Waals surface area (Å²) in [5.74, 6) is 1.83. The molecule has 2 aromatic heterocycles. The molecule has 1 fully saturated rings. The molecule has 1 aliphatic heterocycles. The van der Waals surface area contributed by atoms with Crippen LogP contribution in [0, 0.1) is 0 Å². The Kier molecular flexibility index (Phi) is 4.37. The van der Waals surface area contributed by atoms with Crippen LogP contribution in [0.3, 0.4) is 0 Å². The highest BCUT2D eigenvalue weighted by atomic mass is 15.3. The van der Waals surface area contributed by atoms with Crippen LogP contribution < -0.4 is 15.5 Å². The predicted molar refractivity (Wildman–Crippen MR) is 108 cm³/mol. The van der Waals surface area contributed by atoms with E-state index in [1.54, 1.807) is 0 Å². The molecule has 0 spiro atoms. The van der Waals surface area contributed by atoms with Gasteiger partial charge < -0.3 is 15.5 Å². The van der Waals surface area contributed by atoms with Crippen LogP contribution in [0.25, 0.3) is 10.9 Å². The van der Waals surface area contributed by atoms with E-state index in [-0.39, 0.29) is 0 Å². The summed E-state index contributed by atoms with van der Waals surface area (Å²) in [7, 11) is 0. The Morgan fingerprint density at radius 2 is 1.96 bits per heavy atom. The van der Waals surface area contributed by atoms with Crippen molar-refractivity contribution in [2.24, 2.45) is 0 Å². The number of rotatable bonds is 3. The molecule has 0 unspecified atom stereocenters. The van der Waals surface area contributed by atoms with Crippen LogP contribution in [0.1, 0.15) is 30.5 Å². The summed E-state index contributed by atoms with van der Waals surface area (Å²) >= 11 is 0. The molecule has 3 N–H and O–H groups in total. The third kappa shape index (κ3) is 3.35. The lowest BCUT2D eigenvalue weighted by Crippen LogP contribution is -2.30. The lowest BCUT2D eigenvalue weighted by Gasteiger charge is -2.25. The second-order valence-corrected chi connectivity index (χ2v) is 7.39.